The standard InChI is InChI=1S/C4H10N2O3S2/c7-11(8,9)5-6-1-3-10-4-2-6/h5H,1-4H2,(H,7,8,9). The second-order valence-electron chi connectivity index (χ2n) is 2.17. The molecule has 0 atom stereocenters. The topological polar surface area (TPSA) is 69.6 Å². The Kier molecular flexibility index (Phi) is 3.14. The Morgan fingerprint density at radius 3 is 2.36 bits per heavy atom. The summed E-state index contributed by atoms with van der Waals surface area (Å²) in [6.45, 7) is 1.29. The van der Waals surface area contributed by atoms with Crippen LogP contribution in [0.5, 0.6) is 0 Å². The number of nitrogens with zero attached hydrogens (tertiary/aromatic N) is 1. The molecule has 0 aromatic carbocycles. The average molecular weight is 198 g/mol. The molecule has 0 amide bonds. The van der Waals surface area contributed by atoms with Crippen molar-refractivity contribution in [1.82, 2.24) is 9.84 Å². The third-order valence-electron chi connectivity index (χ3n) is 1.26. The first-order chi connectivity index (χ1) is 5.08. The molecule has 66 valence electrons. The number of hydrogen-bond donors (Lipinski definition) is 2. The van der Waals surface area contributed by atoms with Crippen LogP contribution < -0.4 is 4.83 Å². The lowest BCUT2D eigenvalue weighted by molar-refractivity contribution is 0.253. The Hall–Kier alpha value is 0.180. The summed E-state index contributed by atoms with van der Waals surface area (Å²) in [5.74, 6) is 1.78. The molecule has 1 aliphatic rings. The van der Waals surface area contributed by atoms with Gasteiger partial charge in [0, 0.05) is 24.6 Å². The van der Waals surface area contributed by atoms with E-state index in [9.17, 15) is 8.42 Å². The van der Waals surface area contributed by atoms with Gasteiger partial charge in [-0.1, -0.05) is 0 Å². The molecule has 0 aromatic rings. The van der Waals surface area contributed by atoms with Crippen LogP contribution in [0.25, 0.3) is 0 Å². The highest BCUT2D eigenvalue weighted by Crippen LogP contribution is 2.06. The van der Waals surface area contributed by atoms with Crippen LogP contribution in [0.15, 0.2) is 0 Å². The van der Waals surface area contributed by atoms with E-state index >= 15 is 0 Å². The summed E-state index contributed by atoms with van der Waals surface area (Å²) >= 11 is 1.77. The van der Waals surface area contributed by atoms with Crippen molar-refractivity contribution in [2.75, 3.05) is 24.6 Å². The van der Waals surface area contributed by atoms with Crippen molar-refractivity contribution >= 4 is 22.1 Å². The molecule has 1 saturated heterocycles. The van der Waals surface area contributed by atoms with E-state index < -0.39 is 10.3 Å². The van der Waals surface area contributed by atoms with Gasteiger partial charge in [-0.2, -0.15) is 20.2 Å². The van der Waals surface area contributed by atoms with Gasteiger partial charge in [0.05, 0.1) is 0 Å². The molecule has 0 aromatic heterocycles. The van der Waals surface area contributed by atoms with Crippen molar-refractivity contribution in [3.63, 3.8) is 0 Å². The molecule has 5 nitrogen and oxygen atoms in total. The molecule has 1 aliphatic heterocycles. The van der Waals surface area contributed by atoms with E-state index in [0.717, 1.165) is 11.5 Å². The Morgan fingerprint density at radius 1 is 1.36 bits per heavy atom. The fourth-order valence-electron chi connectivity index (χ4n) is 0.818. The molecule has 0 unspecified atom stereocenters. The lowest BCUT2D eigenvalue weighted by Crippen LogP contribution is -2.46. The van der Waals surface area contributed by atoms with Crippen LogP contribution in [-0.2, 0) is 10.3 Å². The maximum absolute atomic E-state index is 10.3. The van der Waals surface area contributed by atoms with Crippen molar-refractivity contribution in [2.24, 2.45) is 0 Å². The summed E-state index contributed by atoms with van der Waals surface area (Å²) in [7, 11) is -4.06. The lowest BCUT2D eigenvalue weighted by atomic mass is 10.6. The van der Waals surface area contributed by atoms with Crippen LogP contribution in [0.2, 0.25) is 0 Å². The minimum Gasteiger partial charge on any atom is -0.273 e. The van der Waals surface area contributed by atoms with E-state index in [0.29, 0.717) is 13.1 Å². The first kappa shape index (κ1) is 9.27. The van der Waals surface area contributed by atoms with Gasteiger partial charge in [-0.25, -0.2) is 5.01 Å². The zero-order valence-electron chi connectivity index (χ0n) is 5.86. The third-order valence-corrected chi connectivity index (χ3v) is 2.69. The van der Waals surface area contributed by atoms with Gasteiger partial charge in [0.15, 0.2) is 0 Å². The Balaban J connectivity index is 2.36. The van der Waals surface area contributed by atoms with E-state index in [1.807, 2.05) is 4.83 Å². The largest absolute Gasteiger partial charge is 0.346 e. The van der Waals surface area contributed by atoms with Gasteiger partial charge in [-0.15, -0.1) is 4.83 Å². The second kappa shape index (κ2) is 3.72. The Bertz CT molecular complexity index is 209. The number of nitrogens with one attached hydrogen (secondary N) is 1. The summed E-state index contributed by atoms with van der Waals surface area (Å²) in [6, 6.07) is 0. The Labute approximate surface area is 70.0 Å². The smallest absolute Gasteiger partial charge is 0.273 e. The number of hydrazine groups is 1. The zero-order chi connectivity index (χ0) is 8.32. The second-order valence-corrected chi connectivity index (χ2v) is 4.52. The predicted molar refractivity (Wildman–Crippen MR) is 43.6 cm³/mol. The van der Waals surface area contributed by atoms with Crippen molar-refractivity contribution in [3.8, 4) is 0 Å². The van der Waals surface area contributed by atoms with Crippen molar-refractivity contribution < 1.29 is 13.0 Å². The summed E-state index contributed by atoms with van der Waals surface area (Å²) in [5, 5.41) is 1.49. The van der Waals surface area contributed by atoms with Crippen LogP contribution in [0.3, 0.4) is 0 Å². The normalized spacial score (nSPS) is 21.9. The highest BCUT2D eigenvalue weighted by Gasteiger charge is 2.14. The highest BCUT2D eigenvalue weighted by molar-refractivity contribution is 7.99. The van der Waals surface area contributed by atoms with Crippen molar-refractivity contribution in [2.45, 2.75) is 0 Å². The number of thioether (sulfide) groups is 1. The maximum atomic E-state index is 10.3. The van der Waals surface area contributed by atoms with E-state index in [1.165, 1.54) is 5.01 Å². The minimum absolute atomic E-state index is 0.643. The van der Waals surface area contributed by atoms with Gasteiger partial charge >= 0.3 is 10.3 Å². The molecule has 1 rings (SSSR count). The van der Waals surface area contributed by atoms with Gasteiger partial charge in [0.2, 0.25) is 0 Å². The van der Waals surface area contributed by atoms with Gasteiger partial charge in [0.1, 0.15) is 0 Å². The summed E-state index contributed by atoms with van der Waals surface area (Å²) in [6.07, 6.45) is 0. The van der Waals surface area contributed by atoms with Gasteiger partial charge in [0.25, 0.3) is 0 Å². The number of rotatable bonds is 2. The van der Waals surface area contributed by atoms with E-state index in [4.69, 9.17) is 4.55 Å². The van der Waals surface area contributed by atoms with Gasteiger partial charge in [-0.05, 0) is 0 Å². The fourth-order valence-corrected chi connectivity index (χ4v) is 2.23. The monoisotopic (exact) mass is 198 g/mol. The molecular weight excluding hydrogens is 188 g/mol. The van der Waals surface area contributed by atoms with E-state index in [2.05, 4.69) is 0 Å². The molecule has 11 heavy (non-hydrogen) atoms. The van der Waals surface area contributed by atoms with Crippen LogP contribution in [0.4, 0.5) is 0 Å². The molecule has 0 bridgehead atoms. The van der Waals surface area contributed by atoms with Crippen molar-refractivity contribution in [1.29, 1.82) is 0 Å². The summed E-state index contributed by atoms with van der Waals surface area (Å²) in [5.41, 5.74) is 0. The molecule has 1 fully saturated rings. The average Bonchev–Trinajstić information content (AvgIpc) is 1.85. The number of hydrogen-bond acceptors (Lipinski definition) is 4. The van der Waals surface area contributed by atoms with E-state index in [-0.39, 0.29) is 0 Å². The van der Waals surface area contributed by atoms with Crippen LogP contribution in [-0.4, -0.2) is 42.6 Å². The first-order valence-corrected chi connectivity index (χ1v) is 5.75. The third kappa shape index (κ3) is 3.92. The minimum atomic E-state index is -4.06. The molecule has 0 aliphatic carbocycles. The van der Waals surface area contributed by atoms with Crippen LogP contribution in [0.1, 0.15) is 0 Å². The zero-order valence-corrected chi connectivity index (χ0v) is 7.49. The van der Waals surface area contributed by atoms with Crippen LogP contribution >= 0.6 is 11.8 Å². The molecule has 1 heterocycles. The summed E-state index contributed by atoms with van der Waals surface area (Å²) in [4.78, 5) is 2.01. The van der Waals surface area contributed by atoms with E-state index in [1.54, 1.807) is 11.8 Å². The molecule has 2 N–H and O–H groups in total. The van der Waals surface area contributed by atoms with Crippen LogP contribution in [0, 0.1) is 0 Å². The molecule has 0 spiro atoms. The molecule has 0 radical (unpaired) electrons. The maximum Gasteiger partial charge on any atom is 0.346 e. The predicted octanol–water partition coefficient (Wildman–Crippen LogP) is -0.657. The fraction of sp³-hybridized carbons (Fsp3) is 1.00. The Morgan fingerprint density at radius 2 is 1.91 bits per heavy atom. The van der Waals surface area contributed by atoms with Gasteiger partial charge < -0.3 is 0 Å². The quantitative estimate of drug-likeness (QED) is 0.577. The van der Waals surface area contributed by atoms with Crippen molar-refractivity contribution in [3.05, 3.63) is 0 Å². The first-order valence-electron chi connectivity index (χ1n) is 3.15. The SMILES string of the molecule is O=S(=O)(O)NN1CCSCC1. The van der Waals surface area contributed by atoms with Gasteiger partial charge in [-0.3, -0.25) is 4.55 Å². The molecular formula is C4H10N2O3S2. The molecule has 0 saturated carbocycles. The summed E-state index contributed by atoms with van der Waals surface area (Å²) < 4.78 is 29.0. The highest BCUT2D eigenvalue weighted by atomic mass is 32.2. The molecule has 7 heteroatoms. The lowest BCUT2D eigenvalue weighted by Gasteiger charge is -2.24.